The lowest BCUT2D eigenvalue weighted by Crippen LogP contribution is -2.19. The second-order valence-electron chi connectivity index (χ2n) is 6.64. The van der Waals surface area contributed by atoms with Crippen LogP contribution in [0.15, 0.2) is 57.1 Å². The van der Waals surface area contributed by atoms with Gasteiger partial charge in [0.15, 0.2) is 10.7 Å². The zero-order valence-corrected chi connectivity index (χ0v) is 16.4. The van der Waals surface area contributed by atoms with Crippen LogP contribution in [0.4, 0.5) is 5.13 Å². The minimum Gasteiger partial charge on any atom is -0.408 e. The highest BCUT2D eigenvalue weighted by atomic mass is 32.1. The fourth-order valence-corrected chi connectivity index (χ4v) is 3.81. The number of benzene rings is 2. The summed E-state index contributed by atoms with van der Waals surface area (Å²) in [7, 11) is 0. The second kappa shape index (κ2) is 7.44. The molecule has 28 heavy (non-hydrogen) atoms. The lowest BCUT2D eigenvalue weighted by molar-refractivity contribution is -0.116. The maximum absolute atomic E-state index is 12.3. The third-order valence-electron chi connectivity index (χ3n) is 4.56. The first-order chi connectivity index (χ1) is 13.5. The Bertz CT molecular complexity index is 1220. The number of carbonyl (C=O) groups excluding carboxylic acids is 1. The van der Waals surface area contributed by atoms with Crippen LogP contribution in [0.1, 0.15) is 17.5 Å². The smallest absolute Gasteiger partial charge is 0.408 e. The predicted molar refractivity (Wildman–Crippen MR) is 111 cm³/mol. The van der Waals surface area contributed by atoms with E-state index in [1.807, 2.05) is 25.3 Å². The third kappa shape index (κ3) is 3.61. The third-order valence-corrected chi connectivity index (χ3v) is 5.31. The first kappa shape index (κ1) is 18.2. The van der Waals surface area contributed by atoms with Gasteiger partial charge in [0.25, 0.3) is 0 Å². The first-order valence-electron chi connectivity index (χ1n) is 8.92. The molecule has 0 bridgehead atoms. The number of hydrogen-bond acceptors (Lipinski definition) is 5. The van der Waals surface area contributed by atoms with E-state index in [0.29, 0.717) is 16.2 Å². The zero-order valence-electron chi connectivity index (χ0n) is 15.6. The number of anilines is 1. The van der Waals surface area contributed by atoms with Crippen molar-refractivity contribution in [3.63, 3.8) is 0 Å². The molecule has 142 valence electrons. The summed E-state index contributed by atoms with van der Waals surface area (Å²) in [5.74, 6) is -0.653. The number of nitrogens with one attached hydrogen (secondary N) is 1. The average molecular weight is 393 g/mol. The molecule has 0 aliphatic carbocycles. The predicted octanol–water partition coefficient (Wildman–Crippen LogP) is 4.36. The molecule has 2 heterocycles. The molecule has 0 radical (unpaired) electrons. The van der Waals surface area contributed by atoms with E-state index < -0.39 is 5.76 Å². The molecular formula is C21H19N3O3S. The molecule has 7 heteroatoms. The van der Waals surface area contributed by atoms with Crippen LogP contribution in [0, 0.1) is 13.8 Å². The van der Waals surface area contributed by atoms with Crippen LogP contribution in [0.5, 0.6) is 0 Å². The summed E-state index contributed by atoms with van der Waals surface area (Å²) >= 11 is 1.39. The summed E-state index contributed by atoms with van der Waals surface area (Å²) in [6.45, 7) is 4.33. The number of aromatic nitrogens is 2. The molecule has 4 rings (SSSR count). The van der Waals surface area contributed by atoms with E-state index in [1.54, 1.807) is 18.2 Å². The van der Waals surface area contributed by atoms with Crippen molar-refractivity contribution >= 4 is 33.5 Å². The van der Waals surface area contributed by atoms with Gasteiger partial charge in [0.05, 0.1) is 11.2 Å². The van der Waals surface area contributed by atoms with Crippen molar-refractivity contribution in [2.75, 3.05) is 5.32 Å². The number of hydrogen-bond donors (Lipinski definition) is 1. The molecule has 0 spiro atoms. The van der Waals surface area contributed by atoms with Crippen molar-refractivity contribution in [1.82, 2.24) is 9.55 Å². The lowest BCUT2D eigenvalue weighted by Gasteiger charge is -2.04. The molecule has 0 atom stereocenters. The highest BCUT2D eigenvalue weighted by molar-refractivity contribution is 7.14. The lowest BCUT2D eigenvalue weighted by atomic mass is 10.0. The van der Waals surface area contributed by atoms with Crippen LogP contribution < -0.4 is 11.1 Å². The van der Waals surface area contributed by atoms with Gasteiger partial charge in [-0.15, -0.1) is 11.3 Å². The molecule has 0 aliphatic heterocycles. The van der Waals surface area contributed by atoms with E-state index in [-0.39, 0.29) is 18.9 Å². The topological polar surface area (TPSA) is 77.1 Å². The van der Waals surface area contributed by atoms with Crippen molar-refractivity contribution in [3.05, 3.63) is 69.5 Å². The Morgan fingerprint density at radius 2 is 2.04 bits per heavy atom. The number of rotatable bonds is 5. The molecular weight excluding hydrogens is 374 g/mol. The average Bonchev–Trinajstić information content (AvgIpc) is 3.25. The van der Waals surface area contributed by atoms with Crippen LogP contribution in [0.2, 0.25) is 0 Å². The molecule has 0 saturated heterocycles. The Morgan fingerprint density at radius 1 is 1.21 bits per heavy atom. The SMILES string of the molecule is Cc1ccc(C)c(-c2csc(NC(=O)CCn3c(=O)oc4ccccc43)n2)c1. The van der Waals surface area contributed by atoms with Crippen LogP contribution >= 0.6 is 11.3 Å². The Balaban J connectivity index is 1.44. The standard InChI is InChI=1S/C21H19N3O3S/c1-13-7-8-14(2)15(11-13)16-12-28-20(22-16)23-19(25)9-10-24-17-5-3-4-6-18(17)27-21(24)26/h3-8,11-12H,9-10H2,1-2H3,(H,22,23,25). The normalized spacial score (nSPS) is 11.1. The molecule has 1 N–H and O–H groups in total. The number of carbonyl (C=O) groups is 1. The quantitative estimate of drug-likeness (QED) is 0.546. The fraction of sp³-hybridized carbons (Fsp3) is 0.190. The van der Waals surface area contributed by atoms with Crippen molar-refractivity contribution in [1.29, 1.82) is 0 Å². The number of fused-ring (bicyclic) bond motifs is 1. The van der Waals surface area contributed by atoms with Gasteiger partial charge in [0.1, 0.15) is 0 Å². The van der Waals surface area contributed by atoms with Gasteiger partial charge in [-0.2, -0.15) is 0 Å². The molecule has 2 aromatic heterocycles. The van der Waals surface area contributed by atoms with Gasteiger partial charge in [0, 0.05) is 23.9 Å². The summed E-state index contributed by atoms with van der Waals surface area (Å²) in [6, 6.07) is 13.4. The highest BCUT2D eigenvalue weighted by Crippen LogP contribution is 2.28. The number of amides is 1. The molecule has 0 saturated carbocycles. The minimum atomic E-state index is -0.458. The fourth-order valence-electron chi connectivity index (χ4n) is 3.09. The van der Waals surface area contributed by atoms with Crippen molar-refractivity contribution in [2.24, 2.45) is 0 Å². The summed E-state index contributed by atoms with van der Waals surface area (Å²) in [5, 5.41) is 5.30. The van der Waals surface area contributed by atoms with Gasteiger partial charge in [-0.3, -0.25) is 9.36 Å². The monoisotopic (exact) mass is 393 g/mol. The summed E-state index contributed by atoms with van der Waals surface area (Å²) in [4.78, 5) is 28.8. The Kier molecular flexibility index (Phi) is 4.83. The molecule has 0 fully saturated rings. The Morgan fingerprint density at radius 3 is 2.89 bits per heavy atom. The Hall–Kier alpha value is -3.19. The number of aryl methyl sites for hydroxylation is 3. The zero-order chi connectivity index (χ0) is 19.7. The van der Waals surface area contributed by atoms with E-state index in [1.165, 1.54) is 15.9 Å². The van der Waals surface area contributed by atoms with Crippen molar-refractivity contribution < 1.29 is 9.21 Å². The van der Waals surface area contributed by atoms with E-state index in [4.69, 9.17) is 4.42 Å². The van der Waals surface area contributed by atoms with Crippen LogP contribution in [0.3, 0.4) is 0 Å². The number of thiazole rings is 1. The van der Waals surface area contributed by atoms with E-state index in [0.717, 1.165) is 22.4 Å². The summed E-state index contributed by atoms with van der Waals surface area (Å²) in [6.07, 6.45) is 0.155. The maximum Gasteiger partial charge on any atom is 0.419 e. The molecule has 0 aliphatic rings. The van der Waals surface area contributed by atoms with Gasteiger partial charge < -0.3 is 9.73 Å². The van der Waals surface area contributed by atoms with Gasteiger partial charge in [-0.1, -0.05) is 29.8 Å². The largest absolute Gasteiger partial charge is 0.419 e. The molecule has 0 unspecified atom stereocenters. The molecule has 4 aromatic rings. The maximum atomic E-state index is 12.3. The van der Waals surface area contributed by atoms with E-state index >= 15 is 0 Å². The Labute approximate surface area is 165 Å². The number of para-hydroxylation sites is 2. The van der Waals surface area contributed by atoms with Gasteiger partial charge in [0.2, 0.25) is 5.91 Å². The van der Waals surface area contributed by atoms with Crippen LogP contribution in [0.25, 0.3) is 22.4 Å². The van der Waals surface area contributed by atoms with Gasteiger partial charge in [-0.05, 0) is 37.6 Å². The van der Waals surface area contributed by atoms with Gasteiger partial charge in [-0.25, -0.2) is 9.78 Å². The van der Waals surface area contributed by atoms with Gasteiger partial charge >= 0.3 is 5.76 Å². The van der Waals surface area contributed by atoms with Crippen LogP contribution in [-0.4, -0.2) is 15.5 Å². The van der Waals surface area contributed by atoms with Crippen molar-refractivity contribution in [2.45, 2.75) is 26.8 Å². The second-order valence-corrected chi connectivity index (χ2v) is 7.50. The molecule has 2 aromatic carbocycles. The number of nitrogens with zero attached hydrogens (tertiary/aromatic N) is 2. The molecule has 1 amide bonds. The van der Waals surface area contributed by atoms with E-state index in [2.05, 4.69) is 28.5 Å². The van der Waals surface area contributed by atoms with E-state index in [9.17, 15) is 9.59 Å². The highest BCUT2D eigenvalue weighted by Gasteiger charge is 2.13. The summed E-state index contributed by atoms with van der Waals surface area (Å²) in [5.41, 5.74) is 5.42. The summed E-state index contributed by atoms with van der Waals surface area (Å²) < 4.78 is 6.66. The molecule has 6 nitrogen and oxygen atoms in total. The number of oxazole rings is 1. The van der Waals surface area contributed by atoms with Crippen LogP contribution in [-0.2, 0) is 11.3 Å². The minimum absolute atomic E-state index is 0.155. The first-order valence-corrected chi connectivity index (χ1v) is 9.80. The van der Waals surface area contributed by atoms with Crippen molar-refractivity contribution in [3.8, 4) is 11.3 Å².